The second kappa shape index (κ2) is 7.35. The minimum atomic E-state index is -3.25. The van der Waals surface area contributed by atoms with E-state index in [1.54, 1.807) is 7.11 Å². The first kappa shape index (κ1) is 14.9. The topological polar surface area (TPSA) is 64.6 Å². The van der Waals surface area contributed by atoms with Crippen molar-refractivity contribution in [2.24, 2.45) is 0 Å². The van der Waals surface area contributed by atoms with Gasteiger partial charge in [0.1, 0.15) is 5.75 Å². The van der Waals surface area contributed by atoms with Crippen molar-refractivity contribution in [3.05, 3.63) is 29.8 Å². The van der Waals surface area contributed by atoms with E-state index in [2.05, 4.69) is 4.72 Å². The Morgan fingerprint density at radius 1 is 1.22 bits per heavy atom. The molecule has 1 rings (SSSR count). The summed E-state index contributed by atoms with van der Waals surface area (Å²) in [6.45, 7) is 0.552. The fourth-order valence-electron chi connectivity index (χ4n) is 1.52. The largest absolute Gasteiger partial charge is 0.496 e. The average Bonchev–Trinajstić information content (AvgIpc) is 2.37. The monoisotopic (exact) mass is 273 g/mol. The molecule has 0 spiro atoms. The van der Waals surface area contributed by atoms with Crippen LogP contribution in [-0.4, -0.2) is 41.5 Å². The maximum atomic E-state index is 11.5. The van der Waals surface area contributed by atoms with Crippen LogP contribution in [0.5, 0.6) is 5.75 Å². The summed E-state index contributed by atoms with van der Waals surface area (Å²) in [6.07, 6.45) is 0.593. The van der Waals surface area contributed by atoms with Crippen LogP contribution in [-0.2, 0) is 21.2 Å². The Morgan fingerprint density at radius 2 is 1.94 bits per heavy atom. The number of hydrogen-bond donors (Lipinski definition) is 1. The minimum Gasteiger partial charge on any atom is -0.496 e. The van der Waals surface area contributed by atoms with E-state index in [9.17, 15) is 8.42 Å². The molecule has 0 bridgehead atoms. The summed E-state index contributed by atoms with van der Waals surface area (Å²) >= 11 is 0. The normalized spacial score (nSPS) is 11.4. The third kappa shape index (κ3) is 5.03. The van der Waals surface area contributed by atoms with Crippen LogP contribution in [0.15, 0.2) is 24.3 Å². The van der Waals surface area contributed by atoms with Crippen molar-refractivity contribution in [2.75, 3.05) is 33.1 Å². The molecular formula is C12H19NO4S. The third-order valence-corrected chi connectivity index (χ3v) is 3.81. The Kier molecular flexibility index (Phi) is 6.11. The molecule has 0 fully saturated rings. The molecule has 0 aliphatic heterocycles. The van der Waals surface area contributed by atoms with E-state index in [-0.39, 0.29) is 12.4 Å². The Labute approximate surface area is 108 Å². The molecule has 102 valence electrons. The number of para-hydroxylation sites is 1. The molecule has 18 heavy (non-hydrogen) atoms. The van der Waals surface area contributed by atoms with Gasteiger partial charge in [-0.1, -0.05) is 18.2 Å². The Bertz CT molecular complexity index is 459. The van der Waals surface area contributed by atoms with Gasteiger partial charge in [-0.05, 0) is 18.1 Å². The lowest BCUT2D eigenvalue weighted by Crippen LogP contribution is -2.30. The zero-order valence-electron chi connectivity index (χ0n) is 10.7. The van der Waals surface area contributed by atoms with E-state index in [4.69, 9.17) is 9.47 Å². The quantitative estimate of drug-likeness (QED) is 0.761. The van der Waals surface area contributed by atoms with Crippen LogP contribution in [0.1, 0.15) is 5.56 Å². The molecule has 0 aliphatic rings. The summed E-state index contributed by atoms with van der Waals surface area (Å²) in [7, 11) is -0.174. The predicted octanol–water partition coefficient (Wildman–Crippen LogP) is 0.803. The molecule has 0 unspecified atom stereocenters. The van der Waals surface area contributed by atoms with Gasteiger partial charge in [0.2, 0.25) is 10.0 Å². The molecule has 5 nitrogen and oxygen atoms in total. The van der Waals surface area contributed by atoms with E-state index in [0.29, 0.717) is 13.0 Å². The number of rotatable bonds is 8. The van der Waals surface area contributed by atoms with E-state index in [1.165, 1.54) is 7.11 Å². The number of nitrogens with one attached hydrogen (secondary N) is 1. The zero-order chi connectivity index (χ0) is 13.4. The highest BCUT2D eigenvalue weighted by atomic mass is 32.2. The van der Waals surface area contributed by atoms with E-state index in [0.717, 1.165) is 11.3 Å². The Hall–Kier alpha value is -1.11. The lowest BCUT2D eigenvalue weighted by Gasteiger charge is -2.09. The van der Waals surface area contributed by atoms with E-state index >= 15 is 0 Å². The summed E-state index contributed by atoms with van der Waals surface area (Å²) in [6, 6.07) is 7.55. The maximum absolute atomic E-state index is 11.5. The van der Waals surface area contributed by atoms with Gasteiger partial charge in [0.25, 0.3) is 0 Å². The highest BCUT2D eigenvalue weighted by Crippen LogP contribution is 2.17. The number of methoxy groups -OCH3 is 2. The second-order valence-electron chi connectivity index (χ2n) is 3.77. The predicted molar refractivity (Wildman–Crippen MR) is 70.4 cm³/mol. The van der Waals surface area contributed by atoms with Gasteiger partial charge < -0.3 is 9.47 Å². The van der Waals surface area contributed by atoms with Crippen molar-refractivity contribution < 1.29 is 17.9 Å². The summed E-state index contributed by atoms with van der Waals surface area (Å²) in [5, 5.41) is 0. The molecule has 0 amide bonds. The van der Waals surface area contributed by atoms with Crippen LogP contribution in [0, 0.1) is 0 Å². The van der Waals surface area contributed by atoms with Gasteiger partial charge >= 0.3 is 0 Å². The molecule has 0 aromatic heterocycles. The van der Waals surface area contributed by atoms with Crippen LogP contribution >= 0.6 is 0 Å². The molecule has 0 saturated heterocycles. The van der Waals surface area contributed by atoms with Gasteiger partial charge in [0.15, 0.2) is 0 Å². The van der Waals surface area contributed by atoms with Crippen molar-refractivity contribution in [3.8, 4) is 5.75 Å². The third-order valence-electron chi connectivity index (χ3n) is 2.47. The van der Waals surface area contributed by atoms with Gasteiger partial charge in [-0.3, -0.25) is 0 Å². The van der Waals surface area contributed by atoms with Gasteiger partial charge in [-0.15, -0.1) is 0 Å². The summed E-state index contributed by atoms with van der Waals surface area (Å²) in [5.41, 5.74) is 0.981. The first-order valence-electron chi connectivity index (χ1n) is 5.67. The Morgan fingerprint density at radius 3 is 2.61 bits per heavy atom. The van der Waals surface area contributed by atoms with Crippen LogP contribution in [0.4, 0.5) is 0 Å². The summed E-state index contributed by atoms with van der Waals surface area (Å²) < 4.78 is 35.5. The molecule has 6 heteroatoms. The van der Waals surface area contributed by atoms with E-state index in [1.807, 2.05) is 24.3 Å². The fraction of sp³-hybridized carbons (Fsp3) is 0.500. The zero-order valence-corrected chi connectivity index (χ0v) is 11.5. The molecule has 0 aliphatic carbocycles. The van der Waals surface area contributed by atoms with Crippen molar-refractivity contribution >= 4 is 10.0 Å². The summed E-state index contributed by atoms with van der Waals surface area (Å²) in [4.78, 5) is 0. The van der Waals surface area contributed by atoms with Gasteiger partial charge in [0, 0.05) is 13.7 Å². The SMILES string of the molecule is COCCS(=O)(=O)NCCc1ccccc1OC. The highest BCUT2D eigenvalue weighted by molar-refractivity contribution is 7.89. The first-order chi connectivity index (χ1) is 8.59. The van der Waals surface area contributed by atoms with Crippen LogP contribution in [0.25, 0.3) is 0 Å². The average molecular weight is 273 g/mol. The van der Waals surface area contributed by atoms with Crippen LogP contribution < -0.4 is 9.46 Å². The lowest BCUT2D eigenvalue weighted by atomic mass is 10.1. The summed E-state index contributed by atoms with van der Waals surface area (Å²) in [5.74, 6) is 0.753. The van der Waals surface area contributed by atoms with Gasteiger partial charge in [0.05, 0.1) is 19.5 Å². The standard InChI is InChI=1S/C12H19NO4S/c1-16-9-10-18(14,15)13-8-7-11-5-3-4-6-12(11)17-2/h3-6,13H,7-10H2,1-2H3. The molecule has 1 aromatic carbocycles. The highest BCUT2D eigenvalue weighted by Gasteiger charge is 2.09. The van der Waals surface area contributed by atoms with E-state index < -0.39 is 10.0 Å². The molecule has 0 radical (unpaired) electrons. The smallest absolute Gasteiger partial charge is 0.213 e. The molecule has 1 N–H and O–H groups in total. The molecule has 1 aromatic rings. The maximum Gasteiger partial charge on any atom is 0.213 e. The number of sulfonamides is 1. The minimum absolute atomic E-state index is 0.0184. The van der Waals surface area contributed by atoms with Crippen molar-refractivity contribution in [1.29, 1.82) is 0 Å². The number of hydrogen-bond acceptors (Lipinski definition) is 4. The molecule has 0 atom stereocenters. The van der Waals surface area contributed by atoms with Crippen LogP contribution in [0.2, 0.25) is 0 Å². The van der Waals surface area contributed by atoms with Crippen molar-refractivity contribution in [2.45, 2.75) is 6.42 Å². The van der Waals surface area contributed by atoms with Gasteiger partial charge in [-0.25, -0.2) is 13.1 Å². The van der Waals surface area contributed by atoms with Crippen LogP contribution in [0.3, 0.4) is 0 Å². The van der Waals surface area contributed by atoms with Crippen molar-refractivity contribution in [1.82, 2.24) is 4.72 Å². The first-order valence-corrected chi connectivity index (χ1v) is 7.32. The number of ether oxygens (including phenoxy) is 2. The Balaban J connectivity index is 2.46. The fourth-order valence-corrected chi connectivity index (χ4v) is 2.46. The van der Waals surface area contributed by atoms with Crippen molar-refractivity contribution in [3.63, 3.8) is 0 Å². The second-order valence-corrected chi connectivity index (χ2v) is 5.69. The molecule has 0 heterocycles. The molecule has 0 saturated carbocycles. The number of benzene rings is 1. The lowest BCUT2D eigenvalue weighted by molar-refractivity contribution is 0.217. The van der Waals surface area contributed by atoms with Gasteiger partial charge in [-0.2, -0.15) is 0 Å². The molecular weight excluding hydrogens is 254 g/mol.